The van der Waals surface area contributed by atoms with Crippen LogP contribution in [0.2, 0.25) is 0 Å². The van der Waals surface area contributed by atoms with Gasteiger partial charge in [-0.15, -0.1) is 0 Å². The van der Waals surface area contributed by atoms with E-state index in [-0.39, 0.29) is 18.7 Å². The number of fused-ring (bicyclic) bond motifs is 1. The lowest BCUT2D eigenvalue weighted by Crippen LogP contribution is -2.34. The number of esters is 1. The SMILES string of the molecule is COC(=O)[C@H]1CN(c2ccc(C#N)c3nccnc23)C[C@@H]1C(F)(F)F. The molecule has 0 bridgehead atoms. The average Bonchev–Trinajstić information content (AvgIpc) is 3.05. The van der Waals surface area contributed by atoms with Crippen molar-refractivity contribution in [2.24, 2.45) is 11.8 Å². The van der Waals surface area contributed by atoms with Crippen LogP contribution in [0.25, 0.3) is 11.0 Å². The molecule has 0 N–H and O–H groups in total. The standard InChI is InChI=1S/C16H13F3N4O2/c1-25-15(24)10-7-23(8-11(10)16(17,18)19)12-3-2-9(6-20)13-14(12)22-5-4-21-13/h2-5,10-11H,7-8H2,1H3/t10-,11-/m0/s1. The molecule has 1 aliphatic rings. The average molecular weight is 350 g/mol. The molecule has 2 aromatic rings. The smallest absolute Gasteiger partial charge is 0.394 e. The van der Waals surface area contributed by atoms with Crippen molar-refractivity contribution < 1.29 is 22.7 Å². The van der Waals surface area contributed by atoms with Crippen molar-refractivity contribution in [2.45, 2.75) is 6.18 Å². The number of methoxy groups -OCH3 is 1. The third-order valence-corrected chi connectivity index (χ3v) is 4.31. The van der Waals surface area contributed by atoms with Crippen molar-refractivity contribution in [2.75, 3.05) is 25.1 Å². The number of rotatable bonds is 2. The Hall–Kier alpha value is -2.89. The molecule has 0 aliphatic carbocycles. The van der Waals surface area contributed by atoms with E-state index in [9.17, 15) is 18.0 Å². The van der Waals surface area contributed by atoms with Crippen LogP contribution in [0.15, 0.2) is 24.5 Å². The summed E-state index contributed by atoms with van der Waals surface area (Å²) in [6, 6.07) is 5.00. The van der Waals surface area contributed by atoms with Gasteiger partial charge in [-0.1, -0.05) is 0 Å². The highest BCUT2D eigenvalue weighted by Crippen LogP contribution is 2.41. The number of nitrogens with zero attached hydrogens (tertiary/aromatic N) is 4. The van der Waals surface area contributed by atoms with Crippen LogP contribution in [-0.2, 0) is 9.53 Å². The number of carbonyl (C=O) groups is 1. The number of hydrogen-bond donors (Lipinski definition) is 0. The van der Waals surface area contributed by atoms with Crippen molar-refractivity contribution in [1.82, 2.24) is 9.97 Å². The van der Waals surface area contributed by atoms with Crippen LogP contribution in [0, 0.1) is 23.2 Å². The van der Waals surface area contributed by atoms with Crippen molar-refractivity contribution in [3.63, 3.8) is 0 Å². The summed E-state index contributed by atoms with van der Waals surface area (Å²) in [6.45, 7) is -0.532. The number of nitriles is 1. The maximum Gasteiger partial charge on any atom is 0.394 e. The summed E-state index contributed by atoms with van der Waals surface area (Å²) < 4.78 is 44.5. The molecule has 1 aliphatic heterocycles. The lowest BCUT2D eigenvalue weighted by Gasteiger charge is -2.20. The van der Waals surface area contributed by atoms with Crippen LogP contribution in [-0.4, -0.2) is 42.3 Å². The van der Waals surface area contributed by atoms with Crippen LogP contribution in [0.4, 0.5) is 18.9 Å². The zero-order valence-electron chi connectivity index (χ0n) is 13.1. The van der Waals surface area contributed by atoms with Gasteiger partial charge in [0.25, 0.3) is 0 Å². The topological polar surface area (TPSA) is 79.1 Å². The molecule has 1 aromatic heterocycles. The van der Waals surface area contributed by atoms with E-state index in [0.29, 0.717) is 16.7 Å². The Morgan fingerprint density at radius 2 is 1.96 bits per heavy atom. The molecule has 3 rings (SSSR count). The third kappa shape index (κ3) is 2.95. The van der Waals surface area contributed by atoms with E-state index in [1.807, 2.05) is 6.07 Å². The molecule has 1 fully saturated rings. The molecule has 0 spiro atoms. The molecule has 9 heteroatoms. The van der Waals surface area contributed by atoms with Gasteiger partial charge < -0.3 is 9.64 Å². The van der Waals surface area contributed by atoms with Crippen LogP contribution >= 0.6 is 0 Å². The zero-order chi connectivity index (χ0) is 18.2. The molecular weight excluding hydrogens is 337 g/mol. The summed E-state index contributed by atoms with van der Waals surface area (Å²) in [5.41, 5.74) is 1.33. The highest BCUT2D eigenvalue weighted by molar-refractivity contribution is 5.92. The van der Waals surface area contributed by atoms with Gasteiger partial charge in [0.05, 0.1) is 30.2 Å². The lowest BCUT2D eigenvalue weighted by atomic mass is 9.96. The molecule has 0 radical (unpaired) electrons. The van der Waals surface area contributed by atoms with Crippen molar-refractivity contribution >= 4 is 22.7 Å². The Bertz CT molecular complexity index is 863. The summed E-state index contributed by atoms with van der Waals surface area (Å²) in [4.78, 5) is 21.5. The Morgan fingerprint density at radius 1 is 1.28 bits per heavy atom. The number of aromatic nitrogens is 2. The Balaban J connectivity index is 2.05. The second-order valence-electron chi connectivity index (χ2n) is 5.68. The quantitative estimate of drug-likeness (QED) is 0.773. The number of ether oxygens (including phenoxy) is 1. The Kier molecular flexibility index (Phi) is 4.20. The van der Waals surface area contributed by atoms with Gasteiger partial charge in [-0.3, -0.25) is 14.8 Å². The van der Waals surface area contributed by atoms with Crippen molar-refractivity contribution in [3.05, 3.63) is 30.1 Å². The normalized spacial score (nSPS) is 20.5. The molecule has 0 unspecified atom stereocenters. The van der Waals surface area contributed by atoms with Crippen molar-refractivity contribution in [1.29, 1.82) is 5.26 Å². The predicted octanol–water partition coefficient (Wildman–Crippen LogP) is 2.29. The molecule has 25 heavy (non-hydrogen) atoms. The van der Waals surface area contributed by atoms with Crippen LogP contribution < -0.4 is 4.90 Å². The molecule has 0 saturated carbocycles. The minimum atomic E-state index is -4.53. The fraction of sp³-hybridized carbons (Fsp3) is 0.375. The fourth-order valence-corrected chi connectivity index (χ4v) is 3.11. The molecular formula is C16H13F3N4O2. The van der Waals surface area contributed by atoms with Gasteiger partial charge in [0.1, 0.15) is 17.1 Å². The summed E-state index contributed by atoms with van der Waals surface area (Å²) in [7, 11) is 1.07. The second-order valence-corrected chi connectivity index (χ2v) is 5.68. The van der Waals surface area contributed by atoms with Crippen LogP contribution in [0.1, 0.15) is 5.56 Å². The maximum atomic E-state index is 13.3. The number of benzene rings is 1. The van der Waals surface area contributed by atoms with Crippen LogP contribution in [0.3, 0.4) is 0 Å². The van der Waals surface area contributed by atoms with Gasteiger partial charge in [0.2, 0.25) is 0 Å². The lowest BCUT2D eigenvalue weighted by molar-refractivity contribution is -0.188. The number of hydrogen-bond acceptors (Lipinski definition) is 6. The molecule has 2 heterocycles. The Labute approximate surface area is 140 Å². The number of carbonyl (C=O) groups excluding carboxylic acids is 1. The van der Waals surface area contributed by atoms with Crippen molar-refractivity contribution in [3.8, 4) is 6.07 Å². The first-order chi connectivity index (χ1) is 11.9. The fourth-order valence-electron chi connectivity index (χ4n) is 3.11. The molecule has 1 aromatic carbocycles. The Morgan fingerprint density at radius 3 is 2.56 bits per heavy atom. The third-order valence-electron chi connectivity index (χ3n) is 4.31. The first-order valence-electron chi connectivity index (χ1n) is 7.40. The highest BCUT2D eigenvalue weighted by Gasteiger charge is 2.53. The number of alkyl halides is 3. The molecule has 1 saturated heterocycles. The minimum Gasteiger partial charge on any atom is -0.469 e. The molecule has 130 valence electrons. The van der Waals surface area contributed by atoms with E-state index >= 15 is 0 Å². The van der Waals surface area contributed by atoms with E-state index in [0.717, 1.165) is 7.11 Å². The molecule has 2 atom stereocenters. The number of anilines is 1. The molecule has 0 amide bonds. The summed E-state index contributed by atoms with van der Waals surface area (Å²) in [5.74, 6) is -4.04. The number of halogens is 3. The van der Waals surface area contributed by atoms with Gasteiger partial charge >= 0.3 is 12.1 Å². The van der Waals surface area contributed by atoms with E-state index in [1.54, 1.807) is 0 Å². The summed E-state index contributed by atoms with van der Waals surface area (Å²) in [6.07, 6.45) is -1.71. The van der Waals surface area contributed by atoms with Gasteiger partial charge in [0, 0.05) is 25.5 Å². The van der Waals surface area contributed by atoms with Crippen LogP contribution in [0.5, 0.6) is 0 Å². The largest absolute Gasteiger partial charge is 0.469 e. The first-order valence-corrected chi connectivity index (χ1v) is 7.40. The van der Waals surface area contributed by atoms with E-state index in [2.05, 4.69) is 14.7 Å². The monoisotopic (exact) mass is 350 g/mol. The van der Waals surface area contributed by atoms with Gasteiger partial charge in [-0.2, -0.15) is 18.4 Å². The predicted molar refractivity (Wildman–Crippen MR) is 81.5 cm³/mol. The highest BCUT2D eigenvalue weighted by atomic mass is 19.4. The zero-order valence-corrected chi connectivity index (χ0v) is 13.1. The van der Waals surface area contributed by atoms with E-state index in [1.165, 1.54) is 29.4 Å². The van der Waals surface area contributed by atoms with E-state index < -0.39 is 24.0 Å². The minimum absolute atomic E-state index is 0.144. The van der Waals surface area contributed by atoms with E-state index in [4.69, 9.17) is 5.26 Å². The van der Waals surface area contributed by atoms with Gasteiger partial charge in [-0.05, 0) is 12.1 Å². The maximum absolute atomic E-state index is 13.3. The summed E-state index contributed by atoms with van der Waals surface area (Å²) in [5, 5.41) is 9.15. The summed E-state index contributed by atoms with van der Waals surface area (Å²) >= 11 is 0. The second kappa shape index (κ2) is 6.20. The van der Waals surface area contributed by atoms with Gasteiger partial charge in [0.15, 0.2) is 0 Å². The molecule has 6 nitrogen and oxygen atoms in total. The first kappa shape index (κ1) is 17.0. The van der Waals surface area contributed by atoms with Gasteiger partial charge in [-0.25, -0.2) is 0 Å².